The molecule has 1 rings (SSSR count). The molecule has 0 bridgehead atoms. The number of piperidine rings is 1. The van der Waals surface area contributed by atoms with Gasteiger partial charge in [-0.2, -0.15) is 0 Å². The molecule has 0 aliphatic carbocycles. The highest BCUT2D eigenvalue weighted by molar-refractivity contribution is 5.69. The van der Waals surface area contributed by atoms with Gasteiger partial charge in [-0.3, -0.25) is 4.79 Å². The zero-order chi connectivity index (χ0) is 10.6. The molecular formula is C10H20N2O2. The molecule has 0 spiro atoms. The lowest BCUT2D eigenvalue weighted by molar-refractivity contribution is -0.141. The van der Waals surface area contributed by atoms with Crippen LogP contribution in [0, 0.1) is 5.92 Å². The summed E-state index contributed by atoms with van der Waals surface area (Å²) in [6, 6.07) is -0.0313. The van der Waals surface area contributed by atoms with E-state index in [9.17, 15) is 4.79 Å². The van der Waals surface area contributed by atoms with Gasteiger partial charge in [0.2, 0.25) is 0 Å². The highest BCUT2D eigenvalue weighted by Gasteiger charge is 2.24. The SMILES string of the molecule is COC(=O)CC(N)C1CCN(C)CC1. The summed E-state index contributed by atoms with van der Waals surface area (Å²) >= 11 is 0. The average Bonchev–Trinajstić information content (AvgIpc) is 2.18. The molecule has 0 saturated carbocycles. The first kappa shape index (κ1) is 11.5. The summed E-state index contributed by atoms with van der Waals surface area (Å²) in [4.78, 5) is 13.3. The van der Waals surface area contributed by atoms with Gasteiger partial charge in [-0.1, -0.05) is 0 Å². The van der Waals surface area contributed by atoms with E-state index in [0.717, 1.165) is 25.9 Å². The minimum atomic E-state index is -0.198. The number of hydrogen-bond acceptors (Lipinski definition) is 4. The predicted octanol–water partition coefficient (Wildman–Crippen LogP) is 0.219. The number of methoxy groups -OCH3 is 1. The molecule has 0 aromatic heterocycles. The molecule has 14 heavy (non-hydrogen) atoms. The van der Waals surface area contributed by atoms with Crippen molar-refractivity contribution in [3.8, 4) is 0 Å². The Morgan fingerprint density at radius 1 is 1.57 bits per heavy atom. The molecule has 1 aliphatic rings. The second-order valence-corrected chi connectivity index (χ2v) is 4.08. The van der Waals surface area contributed by atoms with E-state index in [4.69, 9.17) is 5.73 Å². The topological polar surface area (TPSA) is 55.6 Å². The Kier molecular flexibility index (Phi) is 4.35. The summed E-state index contributed by atoms with van der Waals surface area (Å²) in [5.74, 6) is 0.279. The van der Waals surface area contributed by atoms with Gasteiger partial charge in [0.25, 0.3) is 0 Å². The largest absolute Gasteiger partial charge is 0.469 e. The molecular weight excluding hydrogens is 180 g/mol. The lowest BCUT2D eigenvalue weighted by atomic mass is 9.88. The zero-order valence-corrected chi connectivity index (χ0v) is 9.03. The number of nitrogens with two attached hydrogens (primary N) is 1. The van der Waals surface area contributed by atoms with Crippen molar-refractivity contribution in [3.63, 3.8) is 0 Å². The Bertz CT molecular complexity index is 189. The maximum absolute atomic E-state index is 11.0. The van der Waals surface area contributed by atoms with E-state index in [1.54, 1.807) is 0 Å². The first-order chi connectivity index (χ1) is 6.63. The Hall–Kier alpha value is -0.610. The van der Waals surface area contributed by atoms with Crippen LogP contribution in [0.3, 0.4) is 0 Å². The van der Waals surface area contributed by atoms with E-state index in [1.807, 2.05) is 0 Å². The van der Waals surface area contributed by atoms with Crippen LogP contribution < -0.4 is 5.73 Å². The van der Waals surface area contributed by atoms with E-state index in [1.165, 1.54) is 7.11 Å². The number of ether oxygens (including phenoxy) is 1. The molecule has 0 radical (unpaired) electrons. The molecule has 4 heteroatoms. The molecule has 4 nitrogen and oxygen atoms in total. The maximum Gasteiger partial charge on any atom is 0.307 e. The first-order valence-corrected chi connectivity index (χ1v) is 5.14. The minimum Gasteiger partial charge on any atom is -0.469 e. The summed E-state index contributed by atoms with van der Waals surface area (Å²) in [6.07, 6.45) is 2.54. The standard InChI is InChI=1S/C10H20N2O2/c1-12-5-3-8(4-6-12)9(11)7-10(13)14-2/h8-9H,3-7,11H2,1-2H3. The molecule has 1 heterocycles. The van der Waals surface area contributed by atoms with Gasteiger partial charge < -0.3 is 15.4 Å². The molecule has 1 fully saturated rings. The summed E-state index contributed by atoms with van der Waals surface area (Å²) in [5, 5.41) is 0. The number of nitrogens with zero attached hydrogens (tertiary/aromatic N) is 1. The second-order valence-electron chi connectivity index (χ2n) is 4.08. The van der Waals surface area contributed by atoms with Crippen molar-refractivity contribution in [2.75, 3.05) is 27.2 Å². The number of likely N-dealkylation sites (tertiary alicyclic amines) is 1. The van der Waals surface area contributed by atoms with Gasteiger partial charge in [-0.05, 0) is 38.9 Å². The predicted molar refractivity (Wildman–Crippen MR) is 54.8 cm³/mol. The Morgan fingerprint density at radius 3 is 2.64 bits per heavy atom. The normalized spacial score (nSPS) is 21.9. The summed E-state index contributed by atoms with van der Waals surface area (Å²) in [5.41, 5.74) is 5.95. The van der Waals surface area contributed by atoms with Crippen LogP contribution in [0.15, 0.2) is 0 Å². The summed E-state index contributed by atoms with van der Waals surface area (Å²) in [6.45, 7) is 2.17. The quantitative estimate of drug-likeness (QED) is 0.662. The van der Waals surface area contributed by atoms with Gasteiger partial charge in [0.15, 0.2) is 0 Å². The Morgan fingerprint density at radius 2 is 2.14 bits per heavy atom. The molecule has 1 atom stereocenters. The number of carbonyl (C=O) groups excluding carboxylic acids is 1. The van der Waals surface area contributed by atoms with E-state index in [-0.39, 0.29) is 12.0 Å². The third-order valence-corrected chi connectivity index (χ3v) is 3.00. The van der Waals surface area contributed by atoms with E-state index < -0.39 is 0 Å². The van der Waals surface area contributed by atoms with Gasteiger partial charge in [0.1, 0.15) is 0 Å². The monoisotopic (exact) mass is 200 g/mol. The summed E-state index contributed by atoms with van der Waals surface area (Å²) < 4.78 is 4.60. The van der Waals surface area contributed by atoms with Crippen molar-refractivity contribution in [3.05, 3.63) is 0 Å². The van der Waals surface area contributed by atoms with Gasteiger partial charge >= 0.3 is 5.97 Å². The first-order valence-electron chi connectivity index (χ1n) is 5.14. The van der Waals surface area contributed by atoms with Crippen LogP contribution in [-0.2, 0) is 9.53 Å². The Labute approximate surface area is 85.4 Å². The molecule has 0 aromatic carbocycles. The van der Waals surface area contributed by atoms with Crippen LogP contribution in [0.4, 0.5) is 0 Å². The van der Waals surface area contributed by atoms with Gasteiger partial charge in [-0.25, -0.2) is 0 Å². The molecule has 2 N–H and O–H groups in total. The second kappa shape index (κ2) is 5.32. The molecule has 1 aliphatic heterocycles. The average molecular weight is 200 g/mol. The van der Waals surface area contributed by atoms with Crippen LogP contribution in [0.5, 0.6) is 0 Å². The minimum absolute atomic E-state index is 0.0313. The zero-order valence-electron chi connectivity index (χ0n) is 9.03. The molecule has 0 aromatic rings. The van der Waals surface area contributed by atoms with Gasteiger partial charge in [0, 0.05) is 6.04 Å². The molecule has 82 valence electrons. The van der Waals surface area contributed by atoms with Crippen molar-refractivity contribution in [2.45, 2.75) is 25.3 Å². The summed E-state index contributed by atoms with van der Waals surface area (Å²) in [7, 11) is 3.52. The van der Waals surface area contributed by atoms with Crippen LogP contribution in [0.25, 0.3) is 0 Å². The van der Waals surface area contributed by atoms with Crippen LogP contribution in [0.2, 0.25) is 0 Å². The highest BCUT2D eigenvalue weighted by atomic mass is 16.5. The number of hydrogen-bond donors (Lipinski definition) is 1. The van der Waals surface area contributed by atoms with Crippen molar-refractivity contribution in [2.24, 2.45) is 11.7 Å². The molecule has 1 unspecified atom stereocenters. The van der Waals surface area contributed by atoms with Gasteiger partial charge in [0.05, 0.1) is 13.5 Å². The lowest BCUT2D eigenvalue weighted by Crippen LogP contribution is -2.40. The van der Waals surface area contributed by atoms with Crippen LogP contribution in [0.1, 0.15) is 19.3 Å². The van der Waals surface area contributed by atoms with Crippen molar-refractivity contribution in [1.29, 1.82) is 0 Å². The van der Waals surface area contributed by atoms with Crippen molar-refractivity contribution in [1.82, 2.24) is 4.90 Å². The molecule has 0 amide bonds. The Balaban J connectivity index is 2.30. The smallest absolute Gasteiger partial charge is 0.307 e. The third kappa shape index (κ3) is 3.27. The molecule has 1 saturated heterocycles. The van der Waals surface area contributed by atoms with Crippen molar-refractivity contribution < 1.29 is 9.53 Å². The lowest BCUT2D eigenvalue weighted by Gasteiger charge is -2.32. The van der Waals surface area contributed by atoms with E-state index in [2.05, 4.69) is 16.7 Å². The van der Waals surface area contributed by atoms with Crippen molar-refractivity contribution >= 4 is 5.97 Å². The fourth-order valence-electron chi connectivity index (χ4n) is 1.90. The van der Waals surface area contributed by atoms with E-state index >= 15 is 0 Å². The fourth-order valence-corrected chi connectivity index (χ4v) is 1.90. The fraction of sp³-hybridized carbons (Fsp3) is 0.900. The van der Waals surface area contributed by atoms with Gasteiger partial charge in [-0.15, -0.1) is 0 Å². The van der Waals surface area contributed by atoms with Crippen LogP contribution >= 0.6 is 0 Å². The highest BCUT2D eigenvalue weighted by Crippen LogP contribution is 2.20. The third-order valence-electron chi connectivity index (χ3n) is 3.00. The van der Waals surface area contributed by atoms with E-state index in [0.29, 0.717) is 12.3 Å². The number of esters is 1. The number of carbonyl (C=O) groups is 1. The number of rotatable bonds is 3. The van der Waals surface area contributed by atoms with Crippen LogP contribution in [-0.4, -0.2) is 44.2 Å². The maximum atomic E-state index is 11.0.